The van der Waals surface area contributed by atoms with E-state index in [4.69, 9.17) is 16.0 Å². The molecule has 0 saturated heterocycles. The molecular weight excluding hydrogens is 280 g/mol. The Morgan fingerprint density at radius 1 is 1.45 bits per heavy atom. The van der Waals surface area contributed by atoms with Gasteiger partial charge in [-0.2, -0.15) is 0 Å². The number of hydrogen-bond acceptors (Lipinski definition) is 4. The summed E-state index contributed by atoms with van der Waals surface area (Å²) in [6, 6.07) is 3.35. The van der Waals surface area contributed by atoms with Crippen LogP contribution in [0.5, 0.6) is 0 Å². The van der Waals surface area contributed by atoms with Crippen LogP contribution in [0, 0.1) is 11.3 Å². The lowest BCUT2D eigenvalue weighted by Gasteiger charge is -2.35. The van der Waals surface area contributed by atoms with Gasteiger partial charge in [0.25, 0.3) is 0 Å². The van der Waals surface area contributed by atoms with Gasteiger partial charge in [-0.05, 0) is 29.7 Å². The quantitative estimate of drug-likeness (QED) is 0.488. The maximum absolute atomic E-state index is 12.1. The number of hydrogen-bond donors (Lipinski definition) is 0. The van der Waals surface area contributed by atoms with E-state index in [2.05, 4.69) is 0 Å². The van der Waals surface area contributed by atoms with Gasteiger partial charge in [0.1, 0.15) is 11.7 Å². The maximum atomic E-state index is 12.1. The van der Waals surface area contributed by atoms with Crippen molar-refractivity contribution in [3.63, 3.8) is 0 Å². The van der Waals surface area contributed by atoms with E-state index in [-0.39, 0.29) is 12.2 Å². The molecule has 0 radical (unpaired) electrons. The lowest BCUT2D eigenvalue weighted by molar-refractivity contribution is -0.143. The number of furan rings is 1. The third kappa shape index (κ3) is 2.75. The molecular formula is C15H15ClO4. The molecule has 1 aromatic rings. The number of carbonyl (C=O) groups is 3. The molecule has 106 valence electrons. The Hall–Kier alpha value is -1.68. The van der Waals surface area contributed by atoms with E-state index in [1.54, 1.807) is 26.0 Å². The first-order chi connectivity index (χ1) is 9.33. The van der Waals surface area contributed by atoms with Gasteiger partial charge >= 0.3 is 0 Å². The third-order valence-electron chi connectivity index (χ3n) is 3.41. The highest BCUT2D eigenvalue weighted by Crippen LogP contribution is 2.38. The summed E-state index contributed by atoms with van der Waals surface area (Å²) < 4.78 is 5.04. The molecule has 20 heavy (non-hydrogen) atoms. The second kappa shape index (κ2) is 5.37. The van der Waals surface area contributed by atoms with Crippen molar-refractivity contribution in [1.29, 1.82) is 0 Å². The second-order valence-corrected chi connectivity index (χ2v) is 6.02. The van der Waals surface area contributed by atoms with Crippen molar-refractivity contribution in [3.05, 3.63) is 30.2 Å². The SMILES string of the molecule is CC1(C)CC(=O)[C@H](C(=O)/C=C/c2ccco2)C(=O)[C@H]1Cl. The Kier molecular flexibility index (Phi) is 3.95. The van der Waals surface area contributed by atoms with Crippen LogP contribution in [0.25, 0.3) is 6.08 Å². The molecule has 1 aliphatic carbocycles. The number of ketones is 3. The molecule has 0 N–H and O–H groups in total. The molecule has 1 fully saturated rings. The van der Waals surface area contributed by atoms with Crippen LogP contribution in [0.4, 0.5) is 0 Å². The molecule has 1 aromatic heterocycles. The van der Waals surface area contributed by atoms with Crippen molar-refractivity contribution in [2.24, 2.45) is 11.3 Å². The number of allylic oxidation sites excluding steroid dienone is 1. The van der Waals surface area contributed by atoms with Gasteiger partial charge in [0, 0.05) is 6.42 Å². The van der Waals surface area contributed by atoms with Crippen LogP contribution in [0.1, 0.15) is 26.0 Å². The van der Waals surface area contributed by atoms with E-state index >= 15 is 0 Å². The molecule has 1 saturated carbocycles. The minimum absolute atomic E-state index is 0.123. The summed E-state index contributed by atoms with van der Waals surface area (Å²) >= 11 is 6.07. The fourth-order valence-electron chi connectivity index (χ4n) is 2.28. The molecule has 0 aliphatic heterocycles. The molecule has 4 nitrogen and oxygen atoms in total. The highest BCUT2D eigenvalue weighted by molar-refractivity contribution is 6.39. The molecule has 0 bridgehead atoms. The maximum Gasteiger partial charge on any atom is 0.173 e. The summed E-state index contributed by atoms with van der Waals surface area (Å²) in [6.45, 7) is 3.50. The van der Waals surface area contributed by atoms with Crippen molar-refractivity contribution in [2.45, 2.75) is 25.6 Å². The minimum atomic E-state index is -1.28. The molecule has 1 heterocycles. The molecule has 0 spiro atoms. The van der Waals surface area contributed by atoms with E-state index in [0.29, 0.717) is 5.76 Å². The summed E-state index contributed by atoms with van der Waals surface area (Å²) in [7, 11) is 0. The Morgan fingerprint density at radius 3 is 2.75 bits per heavy atom. The van der Waals surface area contributed by atoms with Crippen LogP contribution in [-0.2, 0) is 14.4 Å². The fraction of sp³-hybridized carbons (Fsp3) is 0.400. The Bertz CT molecular complexity index is 569. The van der Waals surface area contributed by atoms with Crippen molar-refractivity contribution in [2.75, 3.05) is 0 Å². The first-order valence-corrected chi connectivity index (χ1v) is 6.72. The van der Waals surface area contributed by atoms with Crippen LogP contribution >= 0.6 is 11.6 Å². The molecule has 5 heteroatoms. The van der Waals surface area contributed by atoms with E-state index < -0.39 is 28.3 Å². The minimum Gasteiger partial charge on any atom is -0.465 e. The van der Waals surface area contributed by atoms with Crippen LogP contribution < -0.4 is 0 Å². The molecule has 0 aromatic carbocycles. The lowest BCUT2D eigenvalue weighted by atomic mass is 9.70. The standard InChI is InChI=1S/C15H15ClO4/c1-15(2)8-11(18)12(13(19)14(15)16)10(17)6-5-9-4-3-7-20-9/h3-7,12,14H,8H2,1-2H3/b6-5+/t12-,14+/m0/s1. The first-order valence-electron chi connectivity index (χ1n) is 6.29. The molecule has 0 amide bonds. The second-order valence-electron chi connectivity index (χ2n) is 5.58. The van der Waals surface area contributed by atoms with E-state index in [0.717, 1.165) is 0 Å². The van der Waals surface area contributed by atoms with Crippen molar-refractivity contribution < 1.29 is 18.8 Å². The predicted molar refractivity (Wildman–Crippen MR) is 74.3 cm³/mol. The average molecular weight is 295 g/mol. The smallest absolute Gasteiger partial charge is 0.173 e. The molecule has 2 rings (SSSR count). The van der Waals surface area contributed by atoms with Gasteiger partial charge in [-0.25, -0.2) is 0 Å². The van der Waals surface area contributed by atoms with Gasteiger partial charge in [-0.15, -0.1) is 11.6 Å². The summed E-state index contributed by atoms with van der Waals surface area (Å²) in [5.41, 5.74) is -0.614. The van der Waals surface area contributed by atoms with Gasteiger partial charge in [0.15, 0.2) is 17.3 Å². The topological polar surface area (TPSA) is 64.3 Å². The Balaban J connectivity index is 2.17. The van der Waals surface area contributed by atoms with Crippen molar-refractivity contribution in [1.82, 2.24) is 0 Å². The third-order valence-corrected chi connectivity index (χ3v) is 4.22. The fourth-order valence-corrected chi connectivity index (χ4v) is 2.48. The Labute approximate surface area is 121 Å². The predicted octanol–water partition coefficient (Wildman–Crippen LogP) is 2.65. The summed E-state index contributed by atoms with van der Waals surface area (Å²) in [4.78, 5) is 36.2. The lowest BCUT2D eigenvalue weighted by Crippen LogP contribution is -2.49. The van der Waals surface area contributed by atoms with Crippen LogP contribution in [0.2, 0.25) is 0 Å². The van der Waals surface area contributed by atoms with Gasteiger partial charge < -0.3 is 4.42 Å². The number of alkyl halides is 1. The molecule has 2 atom stereocenters. The van der Waals surface area contributed by atoms with Crippen LogP contribution in [0.15, 0.2) is 28.9 Å². The number of carbonyl (C=O) groups excluding carboxylic acids is 3. The zero-order valence-corrected chi connectivity index (χ0v) is 12.0. The zero-order valence-electron chi connectivity index (χ0n) is 11.3. The van der Waals surface area contributed by atoms with E-state index in [1.165, 1.54) is 18.4 Å². The highest BCUT2D eigenvalue weighted by Gasteiger charge is 2.48. The van der Waals surface area contributed by atoms with Gasteiger partial charge in [0.05, 0.1) is 11.6 Å². The monoisotopic (exact) mass is 294 g/mol. The largest absolute Gasteiger partial charge is 0.465 e. The summed E-state index contributed by atoms with van der Waals surface area (Å²) in [5, 5.41) is -0.828. The summed E-state index contributed by atoms with van der Waals surface area (Å²) in [5.74, 6) is -2.22. The van der Waals surface area contributed by atoms with Crippen molar-refractivity contribution in [3.8, 4) is 0 Å². The number of Topliss-reactive ketones (excluding diaryl/α,β-unsaturated/α-hetero) is 2. The normalized spacial score (nSPS) is 26.1. The van der Waals surface area contributed by atoms with Gasteiger partial charge in [-0.3, -0.25) is 14.4 Å². The summed E-state index contributed by atoms with van der Waals surface area (Å²) in [6.07, 6.45) is 4.23. The molecule has 1 aliphatic rings. The molecule has 0 unspecified atom stereocenters. The zero-order chi connectivity index (χ0) is 14.9. The van der Waals surface area contributed by atoms with Gasteiger partial charge in [-0.1, -0.05) is 13.8 Å². The average Bonchev–Trinajstić information content (AvgIpc) is 2.86. The highest BCUT2D eigenvalue weighted by atomic mass is 35.5. The Morgan fingerprint density at radius 2 is 2.15 bits per heavy atom. The number of rotatable bonds is 3. The van der Waals surface area contributed by atoms with Crippen LogP contribution in [0.3, 0.4) is 0 Å². The number of halogens is 1. The first kappa shape index (κ1) is 14.7. The van der Waals surface area contributed by atoms with E-state index in [1.807, 2.05) is 0 Å². The van der Waals surface area contributed by atoms with Crippen LogP contribution in [-0.4, -0.2) is 22.7 Å². The van der Waals surface area contributed by atoms with Crippen molar-refractivity contribution >= 4 is 35.0 Å². The van der Waals surface area contributed by atoms with E-state index in [9.17, 15) is 14.4 Å². The van der Waals surface area contributed by atoms with Gasteiger partial charge in [0.2, 0.25) is 0 Å².